The highest BCUT2D eigenvalue weighted by molar-refractivity contribution is 7.99. The first-order valence-electron chi connectivity index (χ1n) is 23.0. The molecule has 3 aliphatic rings. The lowest BCUT2D eigenvalue weighted by Gasteiger charge is -2.39. The Morgan fingerprint density at radius 1 is 0.843 bits per heavy atom. The molecule has 4 aromatic rings. The highest BCUT2D eigenvalue weighted by Gasteiger charge is 2.48. The van der Waals surface area contributed by atoms with Crippen LogP contribution in [0.4, 0.5) is 24.5 Å². The molecule has 0 bridgehead atoms. The Hall–Kier alpha value is -3.95. The smallest absolute Gasteiger partial charge is 0.379 e. The van der Waals surface area contributed by atoms with Gasteiger partial charge in [-0.3, -0.25) is 19.2 Å². The van der Waals surface area contributed by atoms with Crippen molar-refractivity contribution in [3.8, 4) is 0 Å². The van der Waals surface area contributed by atoms with Crippen molar-refractivity contribution in [2.45, 2.75) is 59.3 Å². The molecule has 0 radical (unpaired) electrons. The largest absolute Gasteiger partial charge is 0.501 e. The number of nitrogens with zero attached hydrogens (tertiary/aromatic N) is 4. The van der Waals surface area contributed by atoms with Gasteiger partial charge in [0.1, 0.15) is 4.90 Å². The number of anilines is 2. The maximum absolute atomic E-state index is 14.3. The minimum Gasteiger partial charge on any atom is -0.379 e. The van der Waals surface area contributed by atoms with E-state index in [1.54, 1.807) is 12.1 Å². The van der Waals surface area contributed by atoms with Crippen LogP contribution in [0.3, 0.4) is 0 Å². The number of allylic oxidation sites excluding steroid dienone is 1. The van der Waals surface area contributed by atoms with Gasteiger partial charge in [0.15, 0.2) is 0 Å². The van der Waals surface area contributed by atoms with Gasteiger partial charge >= 0.3 is 13.1 Å². The molecule has 2 saturated heterocycles. The van der Waals surface area contributed by atoms with Crippen LogP contribution in [-0.4, -0.2) is 143 Å². The average molecular weight is 1070 g/mol. The van der Waals surface area contributed by atoms with Crippen LogP contribution in [0.1, 0.15) is 49.0 Å². The molecule has 0 spiro atoms. The number of halogens is 4. The molecular formula is C48H59ClF3N6O8PS3. The summed E-state index contributed by atoms with van der Waals surface area (Å²) >= 11 is 7.57. The van der Waals surface area contributed by atoms with E-state index in [-0.39, 0.29) is 36.0 Å². The second-order valence-corrected chi connectivity index (χ2v) is 25.7. The Labute approximate surface area is 417 Å². The predicted molar refractivity (Wildman–Crippen MR) is 270 cm³/mol. The van der Waals surface area contributed by atoms with E-state index in [1.807, 2.05) is 57.0 Å². The van der Waals surface area contributed by atoms with Crippen molar-refractivity contribution in [3.63, 3.8) is 0 Å². The lowest BCUT2D eigenvalue weighted by Crippen LogP contribution is -2.50. The molecule has 4 aromatic carbocycles. The molecule has 0 saturated carbocycles. The fraction of sp³-hybridized carbons (Fsp3) is 0.438. The molecule has 2 aliphatic heterocycles. The second kappa shape index (κ2) is 22.4. The molecule has 1 aliphatic carbocycles. The number of alkyl halides is 3. The van der Waals surface area contributed by atoms with E-state index in [0.29, 0.717) is 50.4 Å². The first kappa shape index (κ1) is 53.8. The zero-order chi connectivity index (χ0) is 50.5. The van der Waals surface area contributed by atoms with Crippen LogP contribution in [0.25, 0.3) is 5.57 Å². The highest BCUT2D eigenvalue weighted by Crippen LogP contribution is 2.43. The number of rotatable bonds is 18. The topological polar surface area (TPSA) is 180 Å². The number of hydrogen-bond donors (Lipinski definition) is 4. The van der Waals surface area contributed by atoms with Gasteiger partial charge in [-0.05, 0) is 103 Å². The Kier molecular flexibility index (Phi) is 17.3. The zero-order valence-corrected chi connectivity index (χ0v) is 43.0. The number of sulfonamides is 1. The van der Waals surface area contributed by atoms with Crippen molar-refractivity contribution in [2.24, 2.45) is 5.41 Å². The first-order valence-corrected chi connectivity index (χ1v) is 29.1. The normalized spacial score (nSPS) is 18.4. The maximum atomic E-state index is 14.3. The molecule has 22 heteroatoms. The van der Waals surface area contributed by atoms with Gasteiger partial charge in [0.2, 0.25) is 0 Å². The van der Waals surface area contributed by atoms with Crippen LogP contribution >= 0.6 is 31.0 Å². The SMILES string of the molecule is CC1(C)CCC(c2ccc(Cl)cc2)=C(CN2CCN(c3ccc(C(=O)NS(=O)(=O)c4ccc(NC(CSc5ccccc5)CN5CCN(CCP(=O)(O)O)CC5)c(S(=O)(=O)C(F)(F)F)c4)cc3)CC2)C1. The Morgan fingerprint density at radius 3 is 2.10 bits per heavy atom. The Balaban J connectivity index is 1.02. The van der Waals surface area contributed by atoms with Crippen LogP contribution in [0.2, 0.25) is 5.02 Å². The van der Waals surface area contributed by atoms with Gasteiger partial charge in [-0.25, -0.2) is 21.6 Å². The summed E-state index contributed by atoms with van der Waals surface area (Å²) in [6, 6.07) is 25.2. The fourth-order valence-electron chi connectivity index (χ4n) is 9.05. The van der Waals surface area contributed by atoms with Crippen molar-refractivity contribution in [1.29, 1.82) is 0 Å². The summed E-state index contributed by atoms with van der Waals surface area (Å²) in [5.74, 6) is -0.790. The van der Waals surface area contributed by atoms with Crippen molar-refractivity contribution in [3.05, 3.63) is 119 Å². The lowest BCUT2D eigenvalue weighted by atomic mass is 9.73. The van der Waals surface area contributed by atoms with E-state index in [0.717, 1.165) is 61.6 Å². The number of benzene rings is 4. The summed E-state index contributed by atoms with van der Waals surface area (Å²) < 4.78 is 110. The fourth-order valence-corrected chi connectivity index (χ4v) is 12.7. The quantitative estimate of drug-likeness (QED) is 0.0558. The van der Waals surface area contributed by atoms with Gasteiger partial charge < -0.3 is 24.9 Å². The molecule has 0 aromatic heterocycles. The molecule has 14 nitrogen and oxygen atoms in total. The van der Waals surface area contributed by atoms with Crippen LogP contribution in [0.15, 0.2) is 117 Å². The molecule has 380 valence electrons. The molecular weight excluding hydrogens is 1010 g/mol. The van der Waals surface area contributed by atoms with Crippen molar-refractivity contribution in [2.75, 3.05) is 94.1 Å². The number of piperazine rings is 2. The molecule has 2 heterocycles. The van der Waals surface area contributed by atoms with Gasteiger partial charge in [-0.2, -0.15) is 13.2 Å². The number of carbonyl (C=O) groups excluding carboxylic acids is 1. The molecule has 2 fully saturated rings. The second-order valence-electron chi connectivity index (χ2n) is 18.8. The minimum absolute atomic E-state index is 0.0321. The van der Waals surface area contributed by atoms with Gasteiger partial charge in [0.05, 0.1) is 16.7 Å². The average Bonchev–Trinajstić information content (AvgIpc) is 3.30. The van der Waals surface area contributed by atoms with Gasteiger partial charge in [0.25, 0.3) is 25.8 Å². The Bertz CT molecular complexity index is 2770. The van der Waals surface area contributed by atoms with E-state index in [2.05, 4.69) is 41.1 Å². The lowest BCUT2D eigenvalue weighted by molar-refractivity contribution is -0.0436. The predicted octanol–water partition coefficient (Wildman–Crippen LogP) is 7.91. The number of carbonyl (C=O) groups is 1. The van der Waals surface area contributed by atoms with E-state index in [9.17, 15) is 49.2 Å². The molecule has 1 unspecified atom stereocenters. The molecule has 4 N–H and O–H groups in total. The standard InChI is InChI=1S/C48H59ClF3N6O8PS3/c1-47(2)19-18-43(35-8-12-38(49)13-9-35)37(31-47)32-56-24-26-58(27-25-56)40-14-10-36(11-15-40)46(59)54-70(65,66)42-16-17-44(45(30-42)69(63,64)48(50,51)52)53-39(34-68-41-6-4-3-5-7-41)33-57-22-20-55(21-23-57)28-29-67(60,61)62/h3-17,30,39,53H,18-29,31-34H2,1-2H3,(H,54,59)(H2,60,61,62). The third kappa shape index (κ3) is 14.4. The van der Waals surface area contributed by atoms with E-state index in [4.69, 9.17) is 11.6 Å². The monoisotopic (exact) mass is 1070 g/mol. The number of hydrogen-bond acceptors (Lipinski definition) is 12. The summed E-state index contributed by atoms with van der Waals surface area (Å²) in [5.41, 5.74) is -1.26. The first-order chi connectivity index (χ1) is 32.9. The van der Waals surface area contributed by atoms with Crippen LogP contribution < -0.4 is 14.9 Å². The summed E-state index contributed by atoms with van der Waals surface area (Å²) in [6.45, 7) is 10.8. The number of amides is 1. The number of sulfone groups is 1. The Morgan fingerprint density at radius 2 is 1.47 bits per heavy atom. The van der Waals surface area contributed by atoms with Crippen molar-refractivity contribution in [1.82, 2.24) is 19.4 Å². The molecule has 1 amide bonds. The molecule has 1 atom stereocenters. The third-order valence-electron chi connectivity index (χ3n) is 12.9. The maximum Gasteiger partial charge on any atom is 0.501 e. The van der Waals surface area contributed by atoms with Gasteiger partial charge in [0, 0.05) is 105 Å². The summed E-state index contributed by atoms with van der Waals surface area (Å²) in [5, 5.41) is 3.66. The highest BCUT2D eigenvalue weighted by atomic mass is 35.5. The molecule has 7 rings (SSSR count). The van der Waals surface area contributed by atoms with Gasteiger partial charge in [-0.1, -0.05) is 61.4 Å². The number of nitrogens with one attached hydrogen (secondary N) is 2. The summed E-state index contributed by atoms with van der Waals surface area (Å²) in [7, 11) is -15.2. The van der Waals surface area contributed by atoms with Crippen molar-refractivity contribution < 1.29 is 49.2 Å². The zero-order valence-electron chi connectivity index (χ0n) is 38.9. The van der Waals surface area contributed by atoms with Crippen molar-refractivity contribution >= 4 is 73.7 Å². The summed E-state index contributed by atoms with van der Waals surface area (Å²) in [6.07, 6.45) is 2.82. The molecule has 70 heavy (non-hydrogen) atoms. The van der Waals surface area contributed by atoms with E-state index < -0.39 is 60.4 Å². The van der Waals surface area contributed by atoms with E-state index in [1.165, 1.54) is 40.6 Å². The van der Waals surface area contributed by atoms with E-state index >= 15 is 0 Å². The minimum atomic E-state index is -6.13. The summed E-state index contributed by atoms with van der Waals surface area (Å²) in [4.78, 5) is 39.2. The van der Waals surface area contributed by atoms with Crippen LogP contribution in [-0.2, 0) is 24.4 Å². The van der Waals surface area contributed by atoms with Crippen LogP contribution in [0, 0.1) is 5.41 Å². The third-order valence-corrected chi connectivity index (χ3v) is 18.0. The van der Waals surface area contributed by atoms with Crippen LogP contribution in [0.5, 0.6) is 0 Å². The number of thioether (sulfide) groups is 1. The van der Waals surface area contributed by atoms with Gasteiger partial charge in [-0.15, -0.1) is 11.8 Å².